The summed E-state index contributed by atoms with van der Waals surface area (Å²) in [4.78, 5) is 0. The van der Waals surface area contributed by atoms with Crippen LogP contribution in [0.1, 0.15) is 11.1 Å². The number of fused-ring (bicyclic) bond motifs is 17. The Hall–Kier alpha value is -11.3. The van der Waals surface area contributed by atoms with Gasteiger partial charge in [-0.05, 0) is 81.4 Å². The van der Waals surface area contributed by atoms with Gasteiger partial charge in [-0.1, -0.05) is 224 Å². The van der Waals surface area contributed by atoms with E-state index >= 15 is 0 Å². The lowest BCUT2D eigenvalue weighted by Crippen LogP contribution is -2.11. The van der Waals surface area contributed by atoms with Crippen LogP contribution in [0.2, 0.25) is 0 Å². The highest BCUT2D eigenvalue weighted by molar-refractivity contribution is 7.27. The molecule has 5 aromatic heterocycles. The van der Waals surface area contributed by atoms with Crippen molar-refractivity contribution in [2.75, 3.05) is 0 Å². The molecule has 0 unspecified atom stereocenters. The van der Waals surface area contributed by atoms with Crippen LogP contribution in [0.15, 0.2) is 271 Å². The van der Waals surface area contributed by atoms with Gasteiger partial charge >= 0.3 is 0 Å². The van der Waals surface area contributed by atoms with E-state index in [1.165, 1.54) is 20.2 Å². The van der Waals surface area contributed by atoms with E-state index < -0.39 is 0 Å². The molecule has 0 bridgehead atoms. The van der Waals surface area contributed by atoms with Crippen molar-refractivity contribution in [1.29, 1.82) is 10.5 Å². The van der Waals surface area contributed by atoms with E-state index in [4.69, 9.17) is 4.42 Å². The standard InChI is InChI=1S/C80H44N4OS2/c81-45-65-72(49-22-9-3-10-23-49)66(46-82)75(73(50-24-11-4-12-25-50)74(65)83-67-30-15-13-26-55(67)56-35-32-53(44-68(56)83)54-28-17-29-60-57-27-14-16-31-69(57)85-78(54)60)84-76-58(36-38-61-63-42-51(47-18-5-1-6-19-47)33-40-70(63)86-79(61)76)59-37-39-62-64-43-52(48-20-7-2-8-21-48)34-41-71(64)87-80(62)77(59)84/h1-44H. The SMILES string of the molecule is N#Cc1c(-c2ccccc2)c(C#N)c(-n2c3c(ccc4c5cc(-c6ccccc6)ccc5sc43)c3ccc4c5cc(-c6ccccc6)ccc5sc4c32)c(-c2ccccc2)c1-n1c2ccccc2c2ccc(-c3cccc4c3oc3ccccc34)cc21. The molecule has 7 heteroatoms. The molecule has 18 aromatic rings. The largest absolute Gasteiger partial charge is 0.455 e. The first-order valence-corrected chi connectivity index (χ1v) is 30.7. The summed E-state index contributed by atoms with van der Waals surface area (Å²) in [5, 5.41) is 35.8. The molecule has 18 rings (SSSR count). The molecule has 402 valence electrons. The van der Waals surface area contributed by atoms with Crippen LogP contribution in [0.25, 0.3) is 173 Å². The number of aromatic nitrogens is 2. The molecule has 0 saturated heterocycles. The molecule has 0 amide bonds. The number of rotatable bonds is 7. The minimum Gasteiger partial charge on any atom is -0.455 e. The first-order chi connectivity index (χ1) is 43.1. The van der Waals surface area contributed by atoms with Gasteiger partial charge in [-0.15, -0.1) is 22.7 Å². The summed E-state index contributed by atoms with van der Waals surface area (Å²) in [6, 6.07) is 100. The van der Waals surface area contributed by atoms with Crippen LogP contribution in [0.4, 0.5) is 0 Å². The summed E-state index contributed by atoms with van der Waals surface area (Å²) in [7, 11) is 0. The van der Waals surface area contributed by atoms with Crippen LogP contribution in [0.3, 0.4) is 0 Å². The highest BCUT2D eigenvalue weighted by Gasteiger charge is 2.33. The molecule has 0 radical (unpaired) electrons. The van der Waals surface area contributed by atoms with Crippen LogP contribution in [0.5, 0.6) is 0 Å². The molecule has 13 aromatic carbocycles. The quantitative estimate of drug-likeness (QED) is 0.160. The summed E-state index contributed by atoms with van der Waals surface area (Å²) in [6.45, 7) is 0. The molecular weight excluding hydrogens is 1100 g/mol. The molecule has 0 atom stereocenters. The van der Waals surface area contributed by atoms with E-state index in [-0.39, 0.29) is 0 Å². The van der Waals surface area contributed by atoms with Crippen molar-refractivity contribution in [3.8, 4) is 79.1 Å². The Morgan fingerprint density at radius 1 is 0.310 bits per heavy atom. The summed E-state index contributed by atoms with van der Waals surface area (Å²) in [5.41, 5.74) is 17.2. The maximum atomic E-state index is 12.5. The third kappa shape index (κ3) is 7.22. The summed E-state index contributed by atoms with van der Waals surface area (Å²) in [6.07, 6.45) is 0. The number of hydrogen-bond acceptors (Lipinski definition) is 5. The number of nitriles is 2. The van der Waals surface area contributed by atoms with E-state index in [1.54, 1.807) is 22.7 Å². The second-order valence-corrected chi connectivity index (χ2v) is 24.5. The predicted molar refractivity (Wildman–Crippen MR) is 365 cm³/mol. The minimum absolute atomic E-state index is 0.398. The Bertz CT molecular complexity index is 5840. The van der Waals surface area contributed by atoms with Gasteiger partial charge in [0, 0.05) is 80.0 Å². The van der Waals surface area contributed by atoms with Crippen molar-refractivity contribution >= 4 is 129 Å². The topological polar surface area (TPSA) is 70.6 Å². The average Bonchev–Trinajstić information content (AvgIpc) is 1.72. The van der Waals surface area contributed by atoms with Gasteiger partial charge in [0.25, 0.3) is 0 Å². The Kier molecular flexibility index (Phi) is 10.8. The number of para-hydroxylation sites is 3. The van der Waals surface area contributed by atoms with Gasteiger partial charge in [0.05, 0.1) is 54.0 Å². The molecule has 5 heterocycles. The minimum atomic E-state index is 0.398. The van der Waals surface area contributed by atoms with Gasteiger partial charge in [-0.25, -0.2) is 0 Å². The van der Waals surface area contributed by atoms with Crippen molar-refractivity contribution in [1.82, 2.24) is 9.13 Å². The summed E-state index contributed by atoms with van der Waals surface area (Å²) in [5.74, 6) is 0. The number of nitrogens with zero attached hydrogens (tertiary/aromatic N) is 4. The molecule has 87 heavy (non-hydrogen) atoms. The van der Waals surface area contributed by atoms with Crippen molar-refractivity contribution in [3.63, 3.8) is 0 Å². The highest BCUT2D eigenvalue weighted by Crippen LogP contribution is 2.53. The van der Waals surface area contributed by atoms with Gasteiger partial charge in [0.1, 0.15) is 23.3 Å². The van der Waals surface area contributed by atoms with E-state index in [2.05, 4.69) is 240 Å². The molecule has 0 aliphatic rings. The molecule has 0 N–H and O–H groups in total. The van der Waals surface area contributed by atoms with Crippen LogP contribution < -0.4 is 0 Å². The predicted octanol–water partition coefficient (Wildman–Crippen LogP) is 22.6. The zero-order chi connectivity index (χ0) is 57.4. The molecule has 0 aliphatic heterocycles. The zero-order valence-electron chi connectivity index (χ0n) is 46.4. The molecule has 0 aliphatic carbocycles. The second kappa shape index (κ2) is 19.1. The Morgan fingerprint density at radius 3 is 1.36 bits per heavy atom. The average molecular weight is 1140 g/mol. The lowest BCUT2D eigenvalue weighted by atomic mass is 9.86. The highest BCUT2D eigenvalue weighted by atomic mass is 32.1. The molecular formula is C80H44N4OS2. The van der Waals surface area contributed by atoms with Crippen LogP contribution >= 0.6 is 22.7 Å². The molecule has 0 spiro atoms. The monoisotopic (exact) mass is 1140 g/mol. The second-order valence-electron chi connectivity index (χ2n) is 22.4. The van der Waals surface area contributed by atoms with Gasteiger partial charge in [-0.2, -0.15) is 10.5 Å². The molecule has 5 nitrogen and oxygen atoms in total. The van der Waals surface area contributed by atoms with E-state index in [0.29, 0.717) is 28.1 Å². The first-order valence-electron chi connectivity index (χ1n) is 29.1. The number of hydrogen-bond donors (Lipinski definition) is 0. The fourth-order valence-electron chi connectivity index (χ4n) is 14.0. The Balaban J connectivity index is 1.05. The van der Waals surface area contributed by atoms with Crippen molar-refractivity contribution < 1.29 is 4.42 Å². The maximum Gasteiger partial charge on any atom is 0.143 e. The van der Waals surface area contributed by atoms with E-state index in [0.717, 1.165) is 136 Å². The van der Waals surface area contributed by atoms with Crippen LogP contribution in [-0.4, -0.2) is 9.13 Å². The maximum absolute atomic E-state index is 12.5. The fraction of sp³-hybridized carbons (Fsp3) is 0. The van der Waals surface area contributed by atoms with Crippen molar-refractivity contribution in [2.24, 2.45) is 0 Å². The van der Waals surface area contributed by atoms with Gasteiger partial charge in [0.2, 0.25) is 0 Å². The molecule has 0 saturated carbocycles. The normalized spacial score (nSPS) is 11.9. The Labute approximate surface area is 506 Å². The smallest absolute Gasteiger partial charge is 0.143 e. The van der Waals surface area contributed by atoms with Gasteiger partial charge in [-0.3, -0.25) is 0 Å². The first kappa shape index (κ1) is 49.1. The van der Waals surface area contributed by atoms with Crippen molar-refractivity contribution in [3.05, 3.63) is 278 Å². The van der Waals surface area contributed by atoms with E-state index in [1.807, 2.05) is 48.5 Å². The number of thiophene rings is 2. The Morgan fingerprint density at radius 2 is 0.770 bits per heavy atom. The van der Waals surface area contributed by atoms with Crippen molar-refractivity contribution in [2.45, 2.75) is 0 Å². The molecule has 0 fully saturated rings. The number of furan rings is 1. The summed E-state index contributed by atoms with van der Waals surface area (Å²) < 4.78 is 16.1. The van der Waals surface area contributed by atoms with E-state index in [9.17, 15) is 10.5 Å². The lowest BCUT2D eigenvalue weighted by Gasteiger charge is -2.25. The third-order valence-electron chi connectivity index (χ3n) is 17.8. The van der Waals surface area contributed by atoms with Gasteiger partial charge < -0.3 is 13.6 Å². The van der Waals surface area contributed by atoms with Crippen LogP contribution in [-0.2, 0) is 0 Å². The lowest BCUT2D eigenvalue weighted by molar-refractivity contribution is 0.670. The zero-order valence-corrected chi connectivity index (χ0v) is 48.1. The van der Waals surface area contributed by atoms with Gasteiger partial charge in [0.15, 0.2) is 0 Å². The third-order valence-corrected chi connectivity index (χ3v) is 20.2. The van der Waals surface area contributed by atoms with Crippen LogP contribution in [0, 0.1) is 22.7 Å². The fourth-order valence-corrected chi connectivity index (χ4v) is 16.4. The summed E-state index contributed by atoms with van der Waals surface area (Å²) >= 11 is 3.59. The number of benzene rings is 13.